The number of fused-ring (bicyclic) bond motifs is 1. The number of para-hydroxylation sites is 1. The fourth-order valence-corrected chi connectivity index (χ4v) is 6.98. The number of hydrogen-bond acceptors (Lipinski definition) is 6. The molecule has 0 N–H and O–H groups in total. The number of aliphatic imine (C=N–C) groups is 1. The fraction of sp³-hybridized carbons (Fsp3) is 0.364. The molecule has 0 atom stereocenters. The fourth-order valence-electron chi connectivity index (χ4n) is 3.50. The maximum Gasteiger partial charge on any atom is 0.243 e. The van der Waals surface area contributed by atoms with Crippen molar-refractivity contribution in [2.45, 2.75) is 24.5 Å². The van der Waals surface area contributed by atoms with Crippen LogP contribution in [0.4, 0.5) is 5.69 Å². The lowest BCUT2D eigenvalue weighted by atomic mass is 10.1. The van der Waals surface area contributed by atoms with Crippen molar-refractivity contribution in [1.82, 2.24) is 9.21 Å². The van der Waals surface area contributed by atoms with E-state index in [1.807, 2.05) is 38.1 Å². The van der Waals surface area contributed by atoms with Crippen molar-refractivity contribution in [3.05, 3.63) is 59.2 Å². The van der Waals surface area contributed by atoms with E-state index in [1.165, 1.54) is 21.6 Å². The highest BCUT2D eigenvalue weighted by atomic mass is 32.2. The molecule has 0 spiro atoms. The van der Waals surface area contributed by atoms with Crippen LogP contribution < -0.4 is 0 Å². The van der Waals surface area contributed by atoms with Crippen molar-refractivity contribution in [3.8, 4) is 0 Å². The highest BCUT2D eigenvalue weighted by Crippen LogP contribution is 2.34. The van der Waals surface area contributed by atoms with E-state index in [4.69, 9.17) is 0 Å². The highest BCUT2D eigenvalue weighted by Gasteiger charge is 2.30. The first-order chi connectivity index (χ1) is 14.8. The lowest BCUT2D eigenvalue weighted by Gasteiger charge is -2.34. The molecule has 2 aromatic carbocycles. The Kier molecular flexibility index (Phi) is 6.76. The van der Waals surface area contributed by atoms with Gasteiger partial charge in [0.15, 0.2) is 0 Å². The molecule has 9 heteroatoms. The van der Waals surface area contributed by atoms with Crippen LogP contribution in [0.1, 0.15) is 16.7 Å². The van der Waals surface area contributed by atoms with Crippen LogP contribution in [0, 0.1) is 13.8 Å². The zero-order valence-corrected chi connectivity index (χ0v) is 20.0. The maximum atomic E-state index is 13.0. The molecule has 6 nitrogen and oxygen atoms in total. The molecule has 0 unspecified atom stereocenters. The van der Waals surface area contributed by atoms with Crippen LogP contribution in [0.5, 0.6) is 0 Å². The van der Waals surface area contributed by atoms with Crippen LogP contribution in [0.25, 0.3) is 0 Å². The van der Waals surface area contributed by atoms with Gasteiger partial charge in [0.05, 0.1) is 16.3 Å². The monoisotopic (exact) mass is 475 g/mol. The second-order valence-electron chi connectivity index (χ2n) is 7.61. The Morgan fingerprint density at radius 3 is 2.55 bits per heavy atom. The number of piperazine rings is 1. The largest absolute Gasteiger partial charge is 0.339 e. The minimum atomic E-state index is -3.54. The zero-order chi connectivity index (χ0) is 22.0. The van der Waals surface area contributed by atoms with Crippen LogP contribution >= 0.6 is 23.5 Å². The molecule has 31 heavy (non-hydrogen) atoms. The van der Waals surface area contributed by atoms with Crippen LogP contribution in [-0.4, -0.2) is 59.8 Å². The maximum absolute atomic E-state index is 13.0. The van der Waals surface area contributed by atoms with Crippen molar-refractivity contribution in [3.63, 3.8) is 0 Å². The van der Waals surface area contributed by atoms with E-state index in [1.54, 1.807) is 28.8 Å². The number of rotatable bonds is 4. The third-order valence-electron chi connectivity index (χ3n) is 5.58. The van der Waals surface area contributed by atoms with E-state index < -0.39 is 10.0 Å². The molecule has 2 aliphatic heterocycles. The minimum absolute atomic E-state index is 0.0235. The summed E-state index contributed by atoms with van der Waals surface area (Å²) >= 11 is 3.11. The van der Waals surface area contributed by atoms with E-state index in [2.05, 4.69) is 11.1 Å². The number of hydrogen-bond donors (Lipinski definition) is 0. The van der Waals surface area contributed by atoms with Crippen LogP contribution in [0.2, 0.25) is 0 Å². The summed E-state index contributed by atoms with van der Waals surface area (Å²) in [6.07, 6.45) is 0. The molecule has 0 bridgehead atoms. The zero-order valence-electron chi connectivity index (χ0n) is 17.6. The third-order valence-corrected chi connectivity index (χ3v) is 9.71. The Bertz CT molecular complexity index is 1120. The summed E-state index contributed by atoms with van der Waals surface area (Å²) in [6.45, 7) is 5.32. The van der Waals surface area contributed by atoms with Crippen molar-refractivity contribution >= 4 is 49.5 Å². The number of aryl methyl sites for hydroxylation is 2. The number of benzene rings is 2. The Hall–Kier alpha value is -1.81. The molecule has 1 saturated heterocycles. The first-order valence-electron chi connectivity index (χ1n) is 10.1. The molecular formula is C22H25N3O3S3. The molecular weight excluding hydrogens is 450 g/mol. The molecule has 0 radical (unpaired) electrons. The van der Waals surface area contributed by atoms with Gasteiger partial charge in [-0.1, -0.05) is 47.8 Å². The summed E-state index contributed by atoms with van der Waals surface area (Å²) in [7, 11) is -3.54. The lowest BCUT2D eigenvalue weighted by Crippen LogP contribution is -2.51. The van der Waals surface area contributed by atoms with Crippen LogP contribution in [0.3, 0.4) is 0 Å². The SMILES string of the molecule is Cc1ccc(S(=O)(=O)N2CCN(C(=O)CSC3=Nc4ccccc4CS3)CC2)cc1C. The van der Waals surface area contributed by atoms with Crippen LogP contribution in [0.15, 0.2) is 52.4 Å². The van der Waals surface area contributed by atoms with Gasteiger partial charge < -0.3 is 4.90 Å². The quantitative estimate of drug-likeness (QED) is 0.673. The van der Waals surface area contributed by atoms with Gasteiger partial charge in [-0.25, -0.2) is 13.4 Å². The number of sulfonamides is 1. The van der Waals surface area contributed by atoms with Gasteiger partial charge in [0.2, 0.25) is 15.9 Å². The summed E-state index contributed by atoms with van der Waals surface area (Å²) in [6, 6.07) is 13.3. The van der Waals surface area contributed by atoms with E-state index in [0.29, 0.717) is 36.8 Å². The first-order valence-corrected chi connectivity index (χ1v) is 13.5. The predicted octanol–water partition coefficient (Wildman–Crippen LogP) is 3.80. The normalized spacial score (nSPS) is 17.2. The predicted molar refractivity (Wildman–Crippen MR) is 129 cm³/mol. The Labute approximate surface area is 192 Å². The molecule has 0 aliphatic carbocycles. The number of thioether (sulfide) groups is 2. The van der Waals surface area contributed by atoms with Crippen molar-refractivity contribution in [1.29, 1.82) is 0 Å². The molecule has 0 saturated carbocycles. The van der Waals surface area contributed by atoms with Gasteiger partial charge in [0.1, 0.15) is 4.38 Å². The van der Waals surface area contributed by atoms with E-state index >= 15 is 0 Å². The molecule has 1 fully saturated rings. The second-order valence-corrected chi connectivity index (χ2v) is 11.7. The molecule has 2 aromatic rings. The van der Waals surface area contributed by atoms with Gasteiger partial charge in [-0.15, -0.1) is 0 Å². The number of carbonyl (C=O) groups excluding carboxylic acids is 1. The summed E-state index contributed by atoms with van der Waals surface area (Å²) in [5, 5.41) is 0. The lowest BCUT2D eigenvalue weighted by molar-refractivity contribution is -0.129. The van der Waals surface area contributed by atoms with Gasteiger partial charge in [-0.3, -0.25) is 4.79 Å². The standard InChI is InChI=1S/C22H25N3O3S3/c1-16-7-8-19(13-17(16)2)31(27,28)25-11-9-24(10-12-25)21(26)15-30-22-23-20-6-4-3-5-18(20)14-29-22/h3-8,13H,9-12,14-15H2,1-2H3. The van der Waals surface area contributed by atoms with Gasteiger partial charge in [0, 0.05) is 31.9 Å². The average Bonchev–Trinajstić information content (AvgIpc) is 2.79. The van der Waals surface area contributed by atoms with Gasteiger partial charge in [-0.2, -0.15) is 4.31 Å². The van der Waals surface area contributed by atoms with Gasteiger partial charge >= 0.3 is 0 Å². The van der Waals surface area contributed by atoms with Gasteiger partial charge in [-0.05, 0) is 48.7 Å². The summed E-state index contributed by atoms with van der Waals surface area (Å²) in [4.78, 5) is 19.4. The number of amides is 1. The minimum Gasteiger partial charge on any atom is -0.339 e. The summed E-state index contributed by atoms with van der Waals surface area (Å²) in [5.41, 5.74) is 4.21. The summed E-state index contributed by atoms with van der Waals surface area (Å²) in [5.74, 6) is 1.21. The number of nitrogens with zero attached hydrogens (tertiary/aromatic N) is 3. The molecule has 4 rings (SSSR count). The first kappa shape index (κ1) is 22.4. The molecule has 2 aliphatic rings. The second kappa shape index (κ2) is 9.36. The van der Waals surface area contributed by atoms with Crippen molar-refractivity contribution < 1.29 is 13.2 Å². The molecule has 164 valence electrons. The van der Waals surface area contributed by atoms with E-state index in [9.17, 15) is 13.2 Å². The van der Waals surface area contributed by atoms with Crippen molar-refractivity contribution in [2.75, 3.05) is 31.9 Å². The smallest absolute Gasteiger partial charge is 0.243 e. The molecule has 1 amide bonds. The van der Waals surface area contributed by atoms with Gasteiger partial charge in [0.25, 0.3) is 0 Å². The Morgan fingerprint density at radius 1 is 1.06 bits per heavy atom. The summed E-state index contributed by atoms with van der Waals surface area (Å²) < 4.78 is 28.3. The topological polar surface area (TPSA) is 70.1 Å². The van der Waals surface area contributed by atoms with Crippen molar-refractivity contribution in [2.24, 2.45) is 4.99 Å². The van der Waals surface area contributed by atoms with E-state index in [0.717, 1.165) is 26.9 Å². The highest BCUT2D eigenvalue weighted by molar-refractivity contribution is 8.38. The van der Waals surface area contributed by atoms with E-state index in [-0.39, 0.29) is 5.91 Å². The average molecular weight is 476 g/mol. The molecule has 2 heterocycles. The molecule has 0 aromatic heterocycles. The number of carbonyl (C=O) groups is 1. The third kappa shape index (κ3) is 5.00. The Balaban J connectivity index is 1.32. The Morgan fingerprint density at radius 2 is 1.81 bits per heavy atom. The van der Waals surface area contributed by atoms with Crippen LogP contribution in [-0.2, 0) is 20.6 Å².